The molecule has 1 fully saturated rings. The molecule has 1 aromatic rings. The van der Waals surface area contributed by atoms with Gasteiger partial charge in [-0.1, -0.05) is 12.1 Å². The van der Waals surface area contributed by atoms with Crippen molar-refractivity contribution in [3.05, 3.63) is 47.3 Å². The van der Waals surface area contributed by atoms with Gasteiger partial charge in [0.25, 0.3) is 11.8 Å². The zero-order valence-corrected chi connectivity index (χ0v) is 11.3. The van der Waals surface area contributed by atoms with Gasteiger partial charge in [-0.15, -0.1) is 0 Å². The van der Waals surface area contributed by atoms with Gasteiger partial charge < -0.3 is 10.6 Å². The summed E-state index contributed by atoms with van der Waals surface area (Å²) in [4.78, 5) is 23.2. The third-order valence-corrected chi connectivity index (χ3v) is 3.03. The maximum atomic E-state index is 13.0. The van der Waals surface area contributed by atoms with Crippen molar-refractivity contribution in [2.75, 3.05) is 0 Å². The number of hydrogen-bond acceptors (Lipinski definition) is 2. The molecule has 4 nitrogen and oxygen atoms in total. The van der Waals surface area contributed by atoms with Gasteiger partial charge in [0.05, 0.1) is 0 Å². The first-order valence-electron chi connectivity index (χ1n) is 6.60. The van der Waals surface area contributed by atoms with Crippen molar-refractivity contribution in [1.82, 2.24) is 10.6 Å². The van der Waals surface area contributed by atoms with Crippen molar-refractivity contribution >= 4 is 11.8 Å². The number of carbonyl (C=O) groups is 2. The lowest BCUT2D eigenvalue weighted by atomic mass is 10.1. The molecule has 0 saturated heterocycles. The normalized spacial score (nSPS) is 14.8. The van der Waals surface area contributed by atoms with Crippen LogP contribution in [0.3, 0.4) is 0 Å². The molecule has 2 amide bonds. The van der Waals surface area contributed by atoms with Crippen molar-refractivity contribution in [2.45, 2.75) is 32.4 Å². The van der Waals surface area contributed by atoms with E-state index in [2.05, 4.69) is 10.6 Å². The Balaban J connectivity index is 1.95. The molecule has 106 valence electrons. The van der Waals surface area contributed by atoms with E-state index >= 15 is 0 Å². The molecule has 0 spiro atoms. The first-order chi connectivity index (χ1) is 9.60. The van der Waals surface area contributed by atoms with E-state index in [4.69, 9.17) is 0 Å². The predicted molar refractivity (Wildman–Crippen MR) is 73.6 cm³/mol. The molecule has 0 bridgehead atoms. The average molecular weight is 276 g/mol. The van der Waals surface area contributed by atoms with Crippen LogP contribution in [0.2, 0.25) is 0 Å². The Bertz CT molecular complexity index is 551. The summed E-state index contributed by atoms with van der Waals surface area (Å²) in [6.45, 7) is 1.64. The summed E-state index contributed by atoms with van der Waals surface area (Å²) in [5.41, 5.74) is 1.31. The standard InChI is InChI=1S/C15H17FN2O2/c1-2-13(16)15(20)17-9-10-4-3-5-11(8-10)14(19)18-12-6-7-12/h2-5,8,12H,6-7,9H2,1H3,(H,17,20)(H,18,19). The van der Waals surface area contributed by atoms with Crippen LogP contribution in [0.1, 0.15) is 35.7 Å². The van der Waals surface area contributed by atoms with Crippen molar-refractivity contribution in [3.63, 3.8) is 0 Å². The number of amides is 2. The summed E-state index contributed by atoms with van der Waals surface area (Å²) in [6, 6.07) is 7.24. The second-order valence-corrected chi connectivity index (χ2v) is 4.77. The van der Waals surface area contributed by atoms with Gasteiger partial charge in [-0.25, -0.2) is 4.39 Å². The maximum absolute atomic E-state index is 13.0. The van der Waals surface area contributed by atoms with Crippen LogP contribution < -0.4 is 10.6 Å². The highest BCUT2D eigenvalue weighted by molar-refractivity contribution is 5.94. The molecule has 1 aliphatic rings. The molecule has 2 N–H and O–H groups in total. The highest BCUT2D eigenvalue weighted by Gasteiger charge is 2.23. The minimum Gasteiger partial charge on any atom is -0.349 e. The molecule has 5 heteroatoms. The van der Waals surface area contributed by atoms with Gasteiger partial charge in [0.2, 0.25) is 0 Å². The number of rotatable bonds is 5. The lowest BCUT2D eigenvalue weighted by molar-refractivity contribution is -0.119. The first-order valence-corrected chi connectivity index (χ1v) is 6.60. The summed E-state index contributed by atoms with van der Waals surface area (Å²) in [5.74, 6) is -1.67. The molecule has 0 aromatic heterocycles. The van der Waals surface area contributed by atoms with Crippen LogP contribution in [0, 0.1) is 0 Å². The Morgan fingerprint density at radius 3 is 2.80 bits per heavy atom. The van der Waals surface area contributed by atoms with Gasteiger partial charge in [-0.05, 0) is 43.5 Å². The molecule has 0 heterocycles. The van der Waals surface area contributed by atoms with Crippen LogP contribution in [0.25, 0.3) is 0 Å². The van der Waals surface area contributed by atoms with Gasteiger partial charge in [0.15, 0.2) is 5.83 Å². The molecule has 0 unspecified atom stereocenters. The van der Waals surface area contributed by atoms with Crippen LogP contribution in [-0.2, 0) is 11.3 Å². The van der Waals surface area contributed by atoms with Gasteiger partial charge in [-0.3, -0.25) is 9.59 Å². The minimum atomic E-state index is -0.812. The smallest absolute Gasteiger partial charge is 0.279 e. The van der Waals surface area contributed by atoms with E-state index in [9.17, 15) is 14.0 Å². The Hall–Kier alpha value is -2.17. The van der Waals surface area contributed by atoms with Crippen LogP contribution in [0.15, 0.2) is 36.2 Å². The third-order valence-electron chi connectivity index (χ3n) is 3.03. The quantitative estimate of drug-likeness (QED) is 0.809. The summed E-state index contributed by atoms with van der Waals surface area (Å²) < 4.78 is 13.0. The highest BCUT2D eigenvalue weighted by Crippen LogP contribution is 2.19. The van der Waals surface area contributed by atoms with E-state index in [1.165, 1.54) is 6.92 Å². The van der Waals surface area contributed by atoms with Crippen molar-refractivity contribution < 1.29 is 14.0 Å². The first kappa shape index (κ1) is 14.2. The van der Waals surface area contributed by atoms with Gasteiger partial charge >= 0.3 is 0 Å². The van der Waals surface area contributed by atoms with Crippen LogP contribution in [0.4, 0.5) is 4.39 Å². The molecule has 0 aliphatic heterocycles. The zero-order chi connectivity index (χ0) is 14.5. The van der Waals surface area contributed by atoms with Crippen molar-refractivity contribution in [1.29, 1.82) is 0 Å². The second-order valence-electron chi connectivity index (χ2n) is 4.77. The molecule has 0 atom stereocenters. The Morgan fingerprint density at radius 1 is 1.40 bits per heavy atom. The maximum Gasteiger partial charge on any atom is 0.279 e. The fraction of sp³-hybridized carbons (Fsp3) is 0.333. The van der Waals surface area contributed by atoms with Crippen LogP contribution in [-0.4, -0.2) is 17.9 Å². The lowest BCUT2D eigenvalue weighted by Gasteiger charge is -2.07. The van der Waals surface area contributed by atoms with Gasteiger partial charge in [0.1, 0.15) is 0 Å². The summed E-state index contributed by atoms with van der Waals surface area (Å²) in [5, 5.41) is 5.35. The zero-order valence-electron chi connectivity index (χ0n) is 11.3. The fourth-order valence-electron chi connectivity index (χ4n) is 1.72. The monoisotopic (exact) mass is 276 g/mol. The number of hydrogen-bond donors (Lipinski definition) is 2. The molecular weight excluding hydrogens is 259 g/mol. The van der Waals surface area contributed by atoms with Gasteiger partial charge in [-0.2, -0.15) is 0 Å². The summed E-state index contributed by atoms with van der Waals surface area (Å²) in [6.07, 6.45) is 3.17. The van der Waals surface area contributed by atoms with Crippen molar-refractivity contribution in [3.8, 4) is 0 Å². The van der Waals surface area contributed by atoms with Crippen molar-refractivity contribution in [2.24, 2.45) is 0 Å². The van der Waals surface area contributed by atoms with E-state index in [1.54, 1.807) is 24.3 Å². The topological polar surface area (TPSA) is 58.2 Å². The van der Waals surface area contributed by atoms with Crippen LogP contribution in [0.5, 0.6) is 0 Å². The summed E-state index contributed by atoms with van der Waals surface area (Å²) >= 11 is 0. The largest absolute Gasteiger partial charge is 0.349 e. The molecule has 20 heavy (non-hydrogen) atoms. The van der Waals surface area contributed by atoms with E-state index in [0.29, 0.717) is 11.6 Å². The molecule has 1 aliphatic carbocycles. The molecule has 2 rings (SSSR count). The molecular formula is C15H17FN2O2. The lowest BCUT2D eigenvalue weighted by Crippen LogP contribution is -2.26. The highest BCUT2D eigenvalue weighted by atomic mass is 19.1. The Kier molecular flexibility index (Phi) is 4.50. The number of allylic oxidation sites excluding steroid dienone is 1. The Labute approximate surface area is 117 Å². The molecule has 0 radical (unpaired) electrons. The molecule has 1 aromatic carbocycles. The van der Waals surface area contributed by atoms with E-state index in [1.807, 2.05) is 0 Å². The Morgan fingerprint density at radius 2 is 2.15 bits per heavy atom. The fourth-order valence-corrected chi connectivity index (χ4v) is 1.72. The average Bonchev–Trinajstić information content (AvgIpc) is 3.28. The number of benzene rings is 1. The number of nitrogens with one attached hydrogen (secondary N) is 2. The van der Waals surface area contributed by atoms with E-state index in [0.717, 1.165) is 24.5 Å². The second kappa shape index (κ2) is 6.32. The summed E-state index contributed by atoms with van der Waals surface area (Å²) in [7, 11) is 0. The molecule has 1 saturated carbocycles. The van der Waals surface area contributed by atoms with Crippen LogP contribution >= 0.6 is 0 Å². The number of carbonyl (C=O) groups excluding carboxylic acids is 2. The minimum absolute atomic E-state index is 0.111. The number of halogens is 1. The van der Waals surface area contributed by atoms with Gasteiger partial charge in [0, 0.05) is 18.2 Å². The SMILES string of the molecule is CC=C(F)C(=O)NCc1cccc(C(=O)NC2CC2)c1. The van der Waals surface area contributed by atoms with E-state index in [-0.39, 0.29) is 12.5 Å². The predicted octanol–water partition coefficient (Wildman–Crippen LogP) is 2.07. The third kappa shape index (κ3) is 3.91. The van der Waals surface area contributed by atoms with E-state index < -0.39 is 11.7 Å².